The third-order valence-corrected chi connectivity index (χ3v) is 3.70. The van der Waals surface area contributed by atoms with Crippen molar-refractivity contribution in [1.82, 2.24) is 4.72 Å². The second kappa shape index (κ2) is 5.95. The molecule has 5 nitrogen and oxygen atoms in total. The summed E-state index contributed by atoms with van der Waals surface area (Å²) in [5, 5.41) is 0. The minimum absolute atomic E-state index is 0.211. The van der Waals surface area contributed by atoms with Gasteiger partial charge in [0.25, 0.3) is 0 Å². The van der Waals surface area contributed by atoms with Crippen molar-refractivity contribution in [3.05, 3.63) is 30.1 Å². The van der Waals surface area contributed by atoms with E-state index in [1.807, 2.05) is 0 Å². The van der Waals surface area contributed by atoms with Gasteiger partial charge < -0.3 is 5.73 Å². The molecule has 0 spiro atoms. The van der Waals surface area contributed by atoms with E-state index in [0.717, 1.165) is 4.31 Å². The highest BCUT2D eigenvalue weighted by atomic mass is 32.2. The Bertz CT molecular complexity index is 464. The van der Waals surface area contributed by atoms with Crippen LogP contribution in [0.25, 0.3) is 0 Å². The highest BCUT2D eigenvalue weighted by molar-refractivity contribution is 7.90. The molecule has 0 unspecified atom stereocenters. The van der Waals surface area contributed by atoms with Crippen molar-refractivity contribution in [2.24, 2.45) is 5.73 Å². The fourth-order valence-electron chi connectivity index (χ4n) is 1.36. The standard InChI is InChI=1S/C10H16FN3O2S/c1-13-17(15,16)14(7-3-6-12)10-5-2-4-9(11)8-10/h2,4-5,8,13H,3,6-7,12H2,1H3. The molecule has 0 bridgehead atoms. The Kier molecular flexibility index (Phi) is 4.86. The molecular formula is C10H16FN3O2S. The minimum atomic E-state index is -3.64. The molecule has 0 amide bonds. The van der Waals surface area contributed by atoms with Crippen LogP contribution in [0.4, 0.5) is 10.1 Å². The molecule has 7 heteroatoms. The number of nitrogens with two attached hydrogens (primary N) is 1. The molecule has 0 aliphatic heterocycles. The van der Waals surface area contributed by atoms with Crippen molar-refractivity contribution in [3.63, 3.8) is 0 Å². The zero-order valence-corrected chi connectivity index (χ0v) is 10.4. The fourth-order valence-corrected chi connectivity index (χ4v) is 2.35. The molecule has 0 saturated carbocycles. The molecule has 0 aromatic heterocycles. The van der Waals surface area contributed by atoms with Crippen LogP contribution in [0.3, 0.4) is 0 Å². The normalized spacial score (nSPS) is 11.5. The maximum absolute atomic E-state index is 13.1. The fraction of sp³-hybridized carbons (Fsp3) is 0.400. The summed E-state index contributed by atoms with van der Waals surface area (Å²) in [6.45, 7) is 0.578. The second-order valence-corrected chi connectivity index (χ2v) is 5.20. The van der Waals surface area contributed by atoms with Gasteiger partial charge in [0, 0.05) is 13.6 Å². The van der Waals surface area contributed by atoms with Crippen LogP contribution in [0.2, 0.25) is 0 Å². The topological polar surface area (TPSA) is 75.4 Å². The summed E-state index contributed by atoms with van der Waals surface area (Å²) in [5.41, 5.74) is 5.64. The van der Waals surface area contributed by atoms with E-state index < -0.39 is 16.0 Å². The first-order valence-electron chi connectivity index (χ1n) is 5.18. The van der Waals surface area contributed by atoms with Gasteiger partial charge in [0.15, 0.2) is 0 Å². The Morgan fingerprint density at radius 1 is 1.47 bits per heavy atom. The Morgan fingerprint density at radius 3 is 2.71 bits per heavy atom. The first-order valence-corrected chi connectivity index (χ1v) is 6.62. The largest absolute Gasteiger partial charge is 0.330 e. The van der Waals surface area contributed by atoms with Gasteiger partial charge in [0.2, 0.25) is 0 Å². The number of hydrogen-bond acceptors (Lipinski definition) is 3. The summed E-state index contributed by atoms with van der Waals surface area (Å²) < 4.78 is 39.9. The Labute approximate surface area is 101 Å². The van der Waals surface area contributed by atoms with Crippen LogP contribution in [0, 0.1) is 5.82 Å². The van der Waals surface area contributed by atoms with Crippen LogP contribution in [-0.4, -0.2) is 28.6 Å². The first-order chi connectivity index (χ1) is 8.01. The van der Waals surface area contributed by atoms with Gasteiger partial charge in [-0.05, 0) is 31.2 Å². The van der Waals surface area contributed by atoms with Crippen molar-refractivity contribution >= 4 is 15.9 Å². The maximum atomic E-state index is 13.1. The number of anilines is 1. The molecule has 0 radical (unpaired) electrons. The Morgan fingerprint density at radius 2 is 2.18 bits per heavy atom. The van der Waals surface area contributed by atoms with Gasteiger partial charge in [-0.15, -0.1) is 0 Å². The van der Waals surface area contributed by atoms with Gasteiger partial charge in [-0.1, -0.05) is 6.07 Å². The summed E-state index contributed by atoms with van der Waals surface area (Å²) in [5.74, 6) is -0.480. The lowest BCUT2D eigenvalue weighted by molar-refractivity contribution is 0.581. The number of benzene rings is 1. The summed E-state index contributed by atoms with van der Waals surface area (Å²) in [6.07, 6.45) is 0.497. The van der Waals surface area contributed by atoms with Crippen LogP contribution in [0.5, 0.6) is 0 Å². The van der Waals surface area contributed by atoms with E-state index in [1.165, 1.54) is 31.3 Å². The number of nitrogens with one attached hydrogen (secondary N) is 1. The lowest BCUT2D eigenvalue weighted by Crippen LogP contribution is -2.40. The number of rotatable bonds is 6. The van der Waals surface area contributed by atoms with E-state index in [0.29, 0.717) is 13.0 Å². The minimum Gasteiger partial charge on any atom is -0.330 e. The molecule has 0 aliphatic rings. The SMILES string of the molecule is CNS(=O)(=O)N(CCCN)c1cccc(F)c1. The van der Waals surface area contributed by atoms with Crippen molar-refractivity contribution in [1.29, 1.82) is 0 Å². The highest BCUT2D eigenvalue weighted by Gasteiger charge is 2.20. The van der Waals surface area contributed by atoms with Gasteiger partial charge in [0.1, 0.15) is 5.82 Å². The molecule has 1 rings (SSSR count). The third-order valence-electron chi connectivity index (χ3n) is 2.21. The molecule has 1 aromatic carbocycles. The van der Waals surface area contributed by atoms with E-state index in [9.17, 15) is 12.8 Å². The molecule has 96 valence electrons. The smallest absolute Gasteiger partial charge is 0.301 e. The van der Waals surface area contributed by atoms with Crippen molar-refractivity contribution in [2.75, 3.05) is 24.4 Å². The molecule has 1 aromatic rings. The molecule has 0 atom stereocenters. The summed E-state index contributed by atoms with van der Waals surface area (Å²) in [6, 6.07) is 5.43. The number of halogens is 1. The average Bonchev–Trinajstić information content (AvgIpc) is 2.29. The molecule has 0 heterocycles. The van der Waals surface area contributed by atoms with Crippen molar-refractivity contribution in [3.8, 4) is 0 Å². The molecular weight excluding hydrogens is 245 g/mol. The van der Waals surface area contributed by atoms with Crippen molar-refractivity contribution in [2.45, 2.75) is 6.42 Å². The molecule has 0 saturated heterocycles. The quantitative estimate of drug-likeness (QED) is 0.780. The molecule has 3 N–H and O–H groups in total. The summed E-state index contributed by atoms with van der Waals surface area (Å²) in [4.78, 5) is 0. The van der Waals surface area contributed by atoms with Gasteiger partial charge in [-0.25, -0.2) is 9.11 Å². The predicted molar refractivity (Wildman–Crippen MR) is 65.4 cm³/mol. The highest BCUT2D eigenvalue weighted by Crippen LogP contribution is 2.18. The Hall–Kier alpha value is -1.18. The molecule has 0 aliphatic carbocycles. The van der Waals surface area contributed by atoms with Crippen LogP contribution in [0.15, 0.2) is 24.3 Å². The second-order valence-electron chi connectivity index (χ2n) is 3.40. The zero-order chi connectivity index (χ0) is 12.9. The van der Waals surface area contributed by atoms with Crippen LogP contribution in [0.1, 0.15) is 6.42 Å². The Balaban J connectivity index is 3.06. The lowest BCUT2D eigenvalue weighted by Gasteiger charge is -2.23. The third kappa shape index (κ3) is 3.65. The molecule has 17 heavy (non-hydrogen) atoms. The molecule has 0 fully saturated rings. The number of nitrogens with zero attached hydrogens (tertiary/aromatic N) is 1. The summed E-state index contributed by atoms with van der Waals surface area (Å²) in [7, 11) is -2.33. The van der Waals surface area contributed by atoms with E-state index in [1.54, 1.807) is 0 Å². The maximum Gasteiger partial charge on any atom is 0.301 e. The number of hydrogen-bond donors (Lipinski definition) is 2. The zero-order valence-electron chi connectivity index (χ0n) is 9.56. The lowest BCUT2D eigenvalue weighted by atomic mass is 10.3. The van der Waals surface area contributed by atoms with Crippen molar-refractivity contribution < 1.29 is 12.8 Å². The monoisotopic (exact) mass is 261 g/mol. The average molecular weight is 261 g/mol. The van der Waals surface area contributed by atoms with E-state index in [4.69, 9.17) is 5.73 Å². The first kappa shape index (κ1) is 13.9. The van der Waals surface area contributed by atoms with Gasteiger partial charge in [-0.2, -0.15) is 8.42 Å². The predicted octanol–water partition coefficient (Wildman–Crippen LogP) is 0.445. The van der Waals surface area contributed by atoms with Crippen LogP contribution in [-0.2, 0) is 10.2 Å². The van der Waals surface area contributed by atoms with Gasteiger partial charge >= 0.3 is 10.2 Å². The summed E-state index contributed by atoms with van der Waals surface area (Å²) >= 11 is 0. The van der Waals surface area contributed by atoms with E-state index in [2.05, 4.69) is 4.72 Å². The van der Waals surface area contributed by atoms with Crippen LogP contribution >= 0.6 is 0 Å². The van der Waals surface area contributed by atoms with E-state index in [-0.39, 0.29) is 12.2 Å². The van der Waals surface area contributed by atoms with Gasteiger partial charge in [-0.3, -0.25) is 4.31 Å². The van der Waals surface area contributed by atoms with Gasteiger partial charge in [0.05, 0.1) is 5.69 Å². The van der Waals surface area contributed by atoms with Crippen LogP contribution < -0.4 is 14.8 Å². The van der Waals surface area contributed by atoms with E-state index >= 15 is 0 Å².